The fourth-order valence-corrected chi connectivity index (χ4v) is 2.91. The van der Waals surface area contributed by atoms with E-state index in [1.165, 1.54) is 0 Å². The maximum atomic E-state index is 10.7. The topological polar surface area (TPSA) is 43.8 Å². The summed E-state index contributed by atoms with van der Waals surface area (Å²) in [4.78, 5) is 15.3. The van der Waals surface area contributed by atoms with Crippen molar-refractivity contribution in [3.63, 3.8) is 0 Å². The molecule has 0 aromatic heterocycles. The van der Waals surface area contributed by atoms with Crippen molar-refractivity contribution in [3.05, 3.63) is 34.9 Å². The molecule has 5 heteroatoms. The zero-order valence-electron chi connectivity index (χ0n) is 12.4. The van der Waals surface area contributed by atoms with Crippen LogP contribution in [-0.2, 0) is 4.79 Å². The maximum absolute atomic E-state index is 10.7. The molecule has 114 valence electrons. The van der Waals surface area contributed by atoms with E-state index in [1.54, 1.807) is 6.08 Å². The van der Waals surface area contributed by atoms with E-state index >= 15 is 0 Å². The molecule has 1 heterocycles. The Kier molecular flexibility index (Phi) is 5.26. The van der Waals surface area contributed by atoms with Gasteiger partial charge >= 0.3 is 5.97 Å². The third kappa shape index (κ3) is 4.22. The molecule has 0 saturated carbocycles. The summed E-state index contributed by atoms with van der Waals surface area (Å²) in [6.07, 6.45) is 4.98. The second-order valence-electron chi connectivity index (χ2n) is 5.56. The number of carboxylic acids is 1. The summed E-state index contributed by atoms with van der Waals surface area (Å²) in [5, 5.41) is 9.42. The van der Waals surface area contributed by atoms with Gasteiger partial charge < -0.3 is 14.9 Å². The molecule has 1 fully saturated rings. The summed E-state index contributed by atoms with van der Waals surface area (Å²) >= 11 is 6.03. The van der Waals surface area contributed by atoms with Crippen molar-refractivity contribution in [2.75, 3.05) is 32.1 Å². The summed E-state index contributed by atoms with van der Waals surface area (Å²) in [6.45, 7) is 1.94. The average Bonchev–Trinajstić information content (AvgIpc) is 2.45. The van der Waals surface area contributed by atoms with Crippen LogP contribution in [0.2, 0.25) is 5.02 Å². The fraction of sp³-hybridized carbons (Fsp3) is 0.438. The Morgan fingerprint density at radius 3 is 2.62 bits per heavy atom. The molecule has 0 spiro atoms. The molecule has 2 rings (SSSR count). The Labute approximate surface area is 130 Å². The van der Waals surface area contributed by atoms with Crippen molar-refractivity contribution in [1.82, 2.24) is 4.90 Å². The zero-order chi connectivity index (χ0) is 15.4. The van der Waals surface area contributed by atoms with Crippen molar-refractivity contribution in [2.24, 2.45) is 0 Å². The van der Waals surface area contributed by atoms with Crippen molar-refractivity contribution >= 4 is 29.3 Å². The lowest BCUT2D eigenvalue weighted by Gasteiger charge is -2.37. The molecule has 0 atom stereocenters. The molecule has 0 aliphatic carbocycles. The van der Waals surface area contributed by atoms with E-state index in [0.717, 1.165) is 43.3 Å². The van der Waals surface area contributed by atoms with Crippen LogP contribution in [0, 0.1) is 0 Å². The number of halogens is 1. The minimum absolute atomic E-state index is 0.617. The minimum atomic E-state index is -0.952. The van der Waals surface area contributed by atoms with Gasteiger partial charge in [-0.3, -0.25) is 0 Å². The third-order valence-electron chi connectivity index (χ3n) is 3.93. The lowest BCUT2D eigenvalue weighted by Crippen LogP contribution is -2.42. The van der Waals surface area contributed by atoms with E-state index in [0.29, 0.717) is 11.1 Å². The van der Waals surface area contributed by atoms with Crippen LogP contribution in [0.25, 0.3) is 6.08 Å². The van der Waals surface area contributed by atoms with E-state index in [1.807, 2.05) is 18.2 Å². The molecular formula is C16H21ClN2O2. The molecule has 0 radical (unpaired) electrons. The lowest BCUT2D eigenvalue weighted by atomic mass is 10.0. The first kappa shape index (κ1) is 15.9. The highest BCUT2D eigenvalue weighted by atomic mass is 35.5. The second kappa shape index (κ2) is 6.96. The SMILES string of the molecule is CN(C)C1CCN(c2ccc(Cl)cc2/C=C/C(=O)O)CC1. The number of aliphatic carboxylic acids is 1. The Bertz CT molecular complexity index is 535. The minimum Gasteiger partial charge on any atom is -0.478 e. The lowest BCUT2D eigenvalue weighted by molar-refractivity contribution is -0.131. The Hall–Kier alpha value is -1.52. The molecule has 0 unspecified atom stereocenters. The molecule has 0 bridgehead atoms. The first-order valence-electron chi connectivity index (χ1n) is 7.09. The smallest absolute Gasteiger partial charge is 0.328 e. The quantitative estimate of drug-likeness (QED) is 0.869. The van der Waals surface area contributed by atoms with E-state index < -0.39 is 5.97 Å². The Balaban J connectivity index is 2.18. The Morgan fingerprint density at radius 2 is 2.05 bits per heavy atom. The van der Waals surface area contributed by atoms with Gasteiger partial charge in [0.1, 0.15) is 0 Å². The van der Waals surface area contributed by atoms with E-state index in [2.05, 4.69) is 23.9 Å². The van der Waals surface area contributed by atoms with Crippen LogP contribution in [0.4, 0.5) is 5.69 Å². The number of piperidine rings is 1. The van der Waals surface area contributed by atoms with Crippen molar-refractivity contribution in [1.29, 1.82) is 0 Å². The van der Waals surface area contributed by atoms with Crippen LogP contribution in [-0.4, -0.2) is 49.2 Å². The average molecular weight is 309 g/mol. The van der Waals surface area contributed by atoms with Gasteiger partial charge in [0, 0.05) is 35.9 Å². The van der Waals surface area contributed by atoms with Crippen LogP contribution >= 0.6 is 11.6 Å². The molecule has 1 aromatic carbocycles. The number of carboxylic acid groups (broad SMARTS) is 1. The molecule has 1 aliphatic heterocycles. The number of benzene rings is 1. The number of hydrogen-bond acceptors (Lipinski definition) is 3. The summed E-state index contributed by atoms with van der Waals surface area (Å²) in [6, 6.07) is 6.26. The second-order valence-corrected chi connectivity index (χ2v) is 5.99. The highest BCUT2D eigenvalue weighted by Crippen LogP contribution is 2.28. The van der Waals surface area contributed by atoms with Crippen molar-refractivity contribution < 1.29 is 9.90 Å². The van der Waals surface area contributed by atoms with E-state index in [9.17, 15) is 4.79 Å². The van der Waals surface area contributed by atoms with Gasteiger partial charge in [-0.15, -0.1) is 0 Å². The molecule has 1 N–H and O–H groups in total. The highest BCUT2D eigenvalue weighted by molar-refractivity contribution is 6.30. The fourth-order valence-electron chi connectivity index (χ4n) is 2.73. The van der Waals surface area contributed by atoms with Gasteiger partial charge in [0.25, 0.3) is 0 Å². The van der Waals surface area contributed by atoms with Gasteiger partial charge in [-0.1, -0.05) is 11.6 Å². The number of anilines is 1. The third-order valence-corrected chi connectivity index (χ3v) is 4.17. The zero-order valence-corrected chi connectivity index (χ0v) is 13.2. The number of carbonyl (C=O) groups is 1. The number of rotatable bonds is 4. The summed E-state index contributed by atoms with van der Waals surface area (Å²) in [5.74, 6) is -0.952. The summed E-state index contributed by atoms with van der Waals surface area (Å²) < 4.78 is 0. The van der Waals surface area contributed by atoms with Crippen molar-refractivity contribution in [3.8, 4) is 0 Å². The maximum Gasteiger partial charge on any atom is 0.328 e. The van der Waals surface area contributed by atoms with E-state index in [-0.39, 0.29) is 0 Å². The van der Waals surface area contributed by atoms with Gasteiger partial charge in [-0.05, 0) is 56.8 Å². The molecule has 1 aromatic rings. The highest BCUT2D eigenvalue weighted by Gasteiger charge is 2.21. The van der Waals surface area contributed by atoms with Crippen molar-refractivity contribution in [2.45, 2.75) is 18.9 Å². The van der Waals surface area contributed by atoms with Crippen LogP contribution in [0.5, 0.6) is 0 Å². The van der Waals surface area contributed by atoms with Crippen LogP contribution < -0.4 is 4.90 Å². The first-order valence-corrected chi connectivity index (χ1v) is 7.47. The standard InChI is InChI=1S/C16H21ClN2O2/c1-18(2)14-7-9-19(10-8-14)15-5-4-13(17)11-12(15)3-6-16(20)21/h3-6,11,14H,7-10H2,1-2H3,(H,20,21)/b6-3+. The van der Waals surface area contributed by atoms with Gasteiger partial charge in [0.15, 0.2) is 0 Å². The largest absolute Gasteiger partial charge is 0.478 e. The summed E-state index contributed by atoms with van der Waals surface area (Å²) in [5.41, 5.74) is 1.90. The predicted octanol–water partition coefficient (Wildman–Crippen LogP) is 2.97. The van der Waals surface area contributed by atoms with E-state index in [4.69, 9.17) is 16.7 Å². The van der Waals surface area contributed by atoms with Gasteiger partial charge in [0.05, 0.1) is 0 Å². The van der Waals surface area contributed by atoms with Crippen LogP contribution in [0.1, 0.15) is 18.4 Å². The van der Waals surface area contributed by atoms with Crippen LogP contribution in [0.3, 0.4) is 0 Å². The molecule has 1 aliphatic rings. The molecule has 21 heavy (non-hydrogen) atoms. The molecule has 0 amide bonds. The van der Waals surface area contributed by atoms with Gasteiger partial charge in [-0.25, -0.2) is 4.79 Å². The normalized spacial score (nSPS) is 16.9. The molecule has 4 nitrogen and oxygen atoms in total. The summed E-state index contributed by atoms with van der Waals surface area (Å²) in [7, 11) is 4.23. The number of nitrogens with zero attached hydrogens (tertiary/aromatic N) is 2. The predicted molar refractivity (Wildman–Crippen MR) is 87.0 cm³/mol. The van der Waals surface area contributed by atoms with Gasteiger partial charge in [0.2, 0.25) is 0 Å². The monoisotopic (exact) mass is 308 g/mol. The Morgan fingerprint density at radius 1 is 1.38 bits per heavy atom. The van der Waals surface area contributed by atoms with Crippen LogP contribution in [0.15, 0.2) is 24.3 Å². The molecular weight excluding hydrogens is 288 g/mol. The number of hydrogen-bond donors (Lipinski definition) is 1. The van der Waals surface area contributed by atoms with Gasteiger partial charge in [-0.2, -0.15) is 0 Å². The molecule has 1 saturated heterocycles. The first-order chi connectivity index (χ1) is 9.97.